The summed E-state index contributed by atoms with van der Waals surface area (Å²) >= 11 is 0. The number of hydrogen-bond acceptors (Lipinski definition) is 5. The highest BCUT2D eigenvalue weighted by atomic mass is 35.5. The number of rotatable bonds is 7. The van der Waals surface area contributed by atoms with Crippen molar-refractivity contribution in [2.75, 3.05) is 26.4 Å². The van der Waals surface area contributed by atoms with Gasteiger partial charge in [0.1, 0.15) is 6.61 Å². The van der Waals surface area contributed by atoms with Crippen LogP contribution < -0.4 is 5.32 Å². The van der Waals surface area contributed by atoms with E-state index >= 15 is 0 Å². The van der Waals surface area contributed by atoms with Crippen LogP contribution in [0.15, 0.2) is 12.2 Å². The third-order valence-corrected chi connectivity index (χ3v) is 2.32. The Morgan fingerprint density at radius 1 is 1.56 bits per heavy atom. The Labute approximate surface area is 113 Å². The van der Waals surface area contributed by atoms with Gasteiger partial charge in [0.05, 0.1) is 6.67 Å². The summed E-state index contributed by atoms with van der Waals surface area (Å²) in [6, 6.07) is 0. The van der Waals surface area contributed by atoms with Crippen LogP contribution in [-0.4, -0.2) is 43.1 Å². The maximum atomic E-state index is 11.2. The molecule has 1 heterocycles. The first-order valence-corrected chi connectivity index (χ1v) is 5.59. The van der Waals surface area contributed by atoms with Crippen LogP contribution in [0.3, 0.4) is 0 Å². The van der Waals surface area contributed by atoms with Crippen molar-refractivity contribution in [3.63, 3.8) is 0 Å². The summed E-state index contributed by atoms with van der Waals surface area (Å²) in [6.07, 6.45) is 1.56. The predicted molar refractivity (Wildman–Crippen MR) is 67.9 cm³/mol. The molecule has 0 aromatic rings. The third kappa shape index (κ3) is 6.00. The minimum absolute atomic E-state index is 0. The van der Waals surface area contributed by atoms with Crippen LogP contribution in [0.4, 0.5) is 0 Å². The quantitative estimate of drug-likeness (QED) is 0.320. The van der Waals surface area contributed by atoms with Crippen molar-refractivity contribution >= 4 is 24.3 Å². The lowest BCUT2D eigenvalue weighted by Crippen LogP contribution is -2.36. The summed E-state index contributed by atoms with van der Waals surface area (Å²) in [4.78, 5) is 33.0. The van der Waals surface area contributed by atoms with Gasteiger partial charge in [-0.25, -0.2) is 4.79 Å². The molecule has 1 amide bonds. The molecule has 0 radical (unpaired) electrons. The molecule has 0 unspecified atom stereocenters. The Hall–Kier alpha value is -1.11. The van der Waals surface area contributed by atoms with E-state index in [1.54, 1.807) is 11.8 Å². The normalized spacial score (nSPS) is 14.3. The second kappa shape index (κ2) is 8.91. The Kier molecular flexibility index (Phi) is 8.36. The van der Waals surface area contributed by atoms with Crippen LogP contribution in [-0.2, 0) is 19.4 Å². The largest absolute Gasteiger partial charge is 0.368 e. The fraction of sp³-hybridized carbons (Fsp3) is 0.636. The van der Waals surface area contributed by atoms with E-state index in [9.17, 15) is 9.59 Å². The number of nitrogens with one attached hydrogen (secondary N) is 1. The summed E-state index contributed by atoms with van der Waals surface area (Å²) in [5.41, 5.74) is 0.292. The van der Waals surface area contributed by atoms with Gasteiger partial charge in [-0.1, -0.05) is 6.58 Å². The van der Waals surface area contributed by atoms with Crippen LogP contribution in [0, 0.1) is 0 Å². The topological polar surface area (TPSA) is 67.9 Å². The van der Waals surface area contributed by atoms with Gasteiger partial charge in [-0.05, 0) is 13.3 Å². The summed E-state index contributed by atoms with van der Waals surface area (Å²) < 4.78 is 0. The van der Waals surface area contributed by atoms with E-state index in [1.807, 2.05) is 0 Å². The second-order valence-corrected chi connectivity index (χ2v) is 3.89. The number of nitrogens with zero attached hydrogens (tertiary/aromatic N) is 1. The van der Waals surface area contributed by atoms with Crippen molar-refractivity contribution < 1.29 is 19.4 Å². The minimum atomic E-state index is -0.570. The van der Waals surface area contributed by atoms with Crippen molar-refractivity contribution in [2.45, 2.75) is 19.8 Å². The van der Waals surface area contributed by atoms with E-state index in [4.69, 9.17) is 0 Å². The molecule has 0 atom stereocenters. The fourth-order valence-electron chi connectivity index (χ4n) is 1.37. The number of amides is 1. The van der Waals surface area contributed by atoms with Gasteiger partial charge >= 0.3 is 5.97 Å². The van der Waals surface area contributed by atoms with E-state index in [1.165, 1.54) is 0 Å². The molecule has 7 heteroatoms. The first kappa shape index (κ1) is 16.9. The summed E-state index contributed by atoms with van der Waals surface area (Å²) in [6.45, 7) is 7.02. The third-order valence-electron chi connectivity index (χ3n) is 2.32. The van der Waals surface area contributed by atoms with Crippen molar-refractivity contribution in [2.24, 2.45) is 0 Å². The van der Waals surface area contributed by atoms with Gasteiger partial charge in [0.15, 0.2) is 0 Å². The number of carbonyl (C=O) groups excluding carboxylic acids is 2. The van der Waals surface area contributed by atoms with Crippen molar-refractivity contribution in [1.82, 2.24) is 10.2 Å². The molecule has 1 saturated heterocycles. The van der Waals surface area contributed by atoms with Crippen molar-refractivity contribution in [3.05, 3.63) is 12.2 Å². The Balaban J connectivity index is 0.00000289. The summed E-state index contributed by atoms with van der Waals surface area (Å²) in [5, 5.41) is 3.03. The highest BCUT2D eigenvalue weighted by Gasteiger charge is 2.18. The van der Waals surface area contributed by atoms with Crippen molar-refractivity contribution in [1.29, 1.82) is 0 Å². The number of carbonyl (C=O) groups is 2. The van der Waals surface area contributed by atoms with Gasteiger partial charge in [-0.15, -0.1) is 12.4 Å². The summed E-state index contributed by atoms with van der Waals surface area (Å²) in [5.74, 6) is -0.396. The molecule has 1 aliphatic rings. The Morgan fingerprint density at radius 2 is 2.28 bits per heavy atom. The van der Waals surface area contributed by atoms with Gasteiger partial charge in [-0.3, -0.25) is 15.0 Å². The standard InChI is InChI=1S/C11H18N2O4.ClH/c1-9(2)11(15)17-16-7-5-12-8-13-6-3-4-10(13)14;/h12H,1,3-8H2,2H3;1H. The maximum absolute atomic E-state index is 11.2. The van der Waals surface area contributed by atoms with E-state index in [0.717, 1.165) is 13.0 Å². The number of halogens is 1. The molecule has 1 fully saturated rings. The molecule has 0 aromatic carbocycles. The Morgan fingerprint density at radius 3 is 2.83 bits per heavy atom. The fourth-order valence-corrected chi connectivity index (χ4v) is 1.37. The molecule has 0 bridgehead atoms. The van der Waals surface area contributed by atoms with Crippen molar-refractivity contribution in [3.8, 4) is 0 Å². The van der Waals surface area contributed by atoms with Crippen LogP contribution in [0.2, 0.25) is 0 Å². The predicted octanol–water partition coefficient (Wildman–Crippen LogP) is 0.629. The lowest BCUT2D eigenvalue weighted by Gasteiger charge is -2.15. The highest BCUT2D eigenvalue weighted by Crippen LogP contribution is 2.07. The van der Waals surface area contributed by atoms with E-state index < -0.39 is 5.97 Å². The number of hydrogen-bond donors (Lipinski definition) is 1. The molecule has 1 N–H and O–H groups in total. The first-order chi connectivity index (χ1) is 8.11. The van der Waals surface area contributed by atoms with E-state index in [-0.39, 0.29) is 24.9 Å². The molecular formula is C11H19ClN2O4. The molecule has 104 valence electrons. The second-order valence-electron chi connectivity index (χ2n) is 3.89. The van der Waals surface area contributed by atoms with Gasteiger partial charge in [-0.2, -0.15) is 4.89 Å². The smallest absolute Gasteiger partial charge is 0.330 e. The molecule has 0 aliphatic carbocycles. The van der Waals surface area contributed by atoms with Gasteiger partial charge in [0, 0.05) is 25.1 Å². The molecule has 0 spiro atoms. The summed E-state index contributed by atoms with van der Waals surface area (Å²) in [7, 11) is 0. The van der Waals surface area contributed by atoms with Crippen LogP contribution in [0.5, 0.6) is 0 Å². The zero-order valence-corrected chi connectivity index (χ0v) is 11.3. The molecule has 6 nitrogen and oxygen atoms in total. The van der Waals surface area contributed by atoms with Crippen LogP contribution in [0.25, 0.3) is 0 Å². The van der Waals surface area contributed by atoms with E-state index in [0.29, 0.717) is 25.2 Å². The monoisotopic (exact) mass is 278 g/mol. The zero-order chi connectivity index (χ0) is 12.7. The average Bonchev–Trinajstić information content (AvgIpc) is 2.68. The lowest BCUT2D eigenvalue weighted by molar-refractivity contribution is -0.267. The average molecular weight is 279 g/mol. The molecule has 1 rings (SSSR count). The molecule has 1 aliphatic heterocycles. The SMILES string of the molecule is C=C(C)C(=O)OOCCNCN1CCCC1=O.Cl. The molecular weight excluding hydrogens is 260 g/mol. The highest BCUT2D eigenvalue weighted by molar-refractivity contribution is 5.86. The van der Waals surface area contributed by atoms with Gasteiger partial charge < -0.3 is 4.90 Å². The van der Waals surface area contributed by atoms with Gasteiger partial charge in [0.25, 0.3) is 0 Å². The lowest BCUT2D eigenvalue weighted by atomic mass is 10.4. The molecule has 0 aromatic heterocycles. The van der Waals surface area contributed by atoms with Gasteiger partial charge in [0.2, 0.25) is 5.91 Å². The first-order valence-electron chi connectivity index (χ1n) is 5.59. The van der Waals surface area contributed by atoms with Crippen LogP contribution >= 0.6 is 12.4 Å². The Bertz CT molecular complexity index is 309. The molecule has 0 saturated carbocycles. The maximum Gasteiger partial charge on any atom is 0.368 e. The number of likely N-dealkylation sites (tertiary alicyclic amines) is 1. The molecule has 18 heavy (non-hydrogen) atoms. The van der Waals surface area contributed by atoms with Crippen LogP contribution in [0.1, 0.15) is 19.8 Å². The minimum Gasteiger partial charge on any atom is -0.330 e. The zero-order valence-electron chi connectivity index (χ0n) is 10.4. The van der Waals surface area contributed by atoms with E-state index in [2.05, 4.69) is 21.7 Å².